The average Bonchev–Trinajstić information content (AvgIpc) is 2.92. The number of rotatable bonds is 5. The second-order valence-electron chi connectivity index (χ2n) is 6.15. The molecule has 3 rings (SSSR count). The van der Waals surface area contributed by atoms with Gasteiger partial charge in [0.1, 0.15) is 10.6 Å². The third-order valence-electron chi connectivity index (χ3n) is 3.79. The Morgan fingerprint density at radius 2 is 2.04 bits per heavy atom. The molecule has 0 atom stereocenters. The molecule has 2 aromatic carbocycles. The fourth-order valence-corrected chi connectivity index (χ4v) is 3.73. The van der Waals surface area contributed by atoms with Crippen molar-refractivity contribution in [2.75, 3.05) is 6.61 Å². The summed E-state index contributed by atoms with van der Waals surface area (Å²) >= 11 is 7.12. The Morgan fingerprint density at radius 1 is 1.31 bits per heavy atom. The molecular formula is C19H18ClFN2O2S. The Kier molecular flexibility index (Phi) is 5.25. The van der Waals surface area contributed by atoms with Crippen LogP contribution in [0.3, 0.4) is 0 Å². The van der Waals surface area contributed by atoms with Crippen LogP contribution in [0, 0.1) is 5.82 Å². The van der Waals surface area contributed by atoms with Gasteiger partial charge in [0.15, 0.2) is 5.16 Å². The summed E-state index contributed by atoms with van der Waals surface area (Å²) in [5.74, 6) is -0.809. The number of thioether (sulfide) groups is 1. The van der Waals surface area contributed by atoms with E-state index in [2.05, 4.69) is 4.98 Å². The van der Waals surface area contributed by atoms with Gasteiger partial charge < -0.3 is 4.74 Å². The Hall–Kier alpha value is -2.05. The molecule has 136 valence electrons. The number of nitrogens with zero attached hydrogens (tertiary/aromatic N) is 2. The molecule has 1 aromatic heterocycles. The maximum Gasteiger partial charge on any atom is 0.322 e. The smallest absolute Gasteiger partial charge is 0.322 e. The molecule has 0 aliphatic rings. The highest BCUT2D eigenvalue weighted by Crippen LogP contribution is 2.37. The molecule has 0 aliphatic carbocycles. The summed E-state index contributed by atoms with van der Waals surface area (Å²) < 4.78 is 20.6. The summed E-state index contributed by atoms with van der Waals surface area (Å²) in [5.41, 5.74) is 1.78. The average molecular weight is 393 g/mol. The fraction of sp³-hybridized carbons (Fsp3) is 0.263. The van der Waals surface area contributed by atoms with Crippen LogP contribution in [0.1, 0.15) is 20.8 Å². The lowest BCUT2D eigenvalue weighted by molar-refractivity contribution is -0.145. The van der Waals surface area contributed by atoms with E-state index in [1.54, 1.807) is 37.5 Å². The molecule has 0 N–H and O–H groups in total. The van der Waals surface area contributed by atoms with Crippen molar-refractivity contribution in [2.45, 2.75) is 30.7 Å². The number of para-hydroxylation sites is 2. The first kappa shape index (κ1) is 18.7. The molecule has 0 bridgehead atoms. The number of hydrogen-bond acceptors (Lipinski definition) is 4. The van der Waals surface area contributed by atoms with Gasteiger partial charge in [-0.3, -0.25) is 9.36 Å². The quantitative estimate of drug-likeness (QED) is 0.439. The van der Waals surface area contributed by atoms with Gasteiger partial charge in [0.05, 0.1) is 23.3 Å². The van der Waals surface area contributed by atoms with Crippen LogP contribution < -0.4 is 0 Å². The number of benzene rings is 2. The van der Waals surface area contributed by atoms with Crippen molar-refractivity contribution < 1.29 is 13.9 Å². The van der Waals surface area contributed by atoms with Crippen LogP contribution in [0.2, 0.25) is 5.02 Å². The van der Waals surface area contributed by atoms with E-state index in [0.29, 0.717) is 28.0 Å². The minimum absolute atomic E-state index is 0.297. The zero-order valence-corrected chi connectivity index (χ0v) is 16.2. The van der Waals surface area contributed by atoms with Gasteiger partial charge in [0.25, 0.3) is 0 Å². The number of imidazole rings is 1. The van der Waals surface area contributed by atoms with Gasteiger partial charge in [-0.15, -0.1) is 0 Å². The largest absolute Gasteiger partial charge is 0.465 e. The highest BCUT2D eigenvalue weighted by molar-refractivity contribution is 8.01. The van der Waals surface area contributed by atoms with Gasteiger partial charge in [-0.2, -0.15) is 0 Å². The van der Waals surface area contributed by atoms with Crippen molar-refractivity contribution in [1.29, 1.82) is 0 Å². The Morgan fingerprint density at radius 3 is 2.73 bits per heavy atom. The highest BCUT2D eigenvalue weighted by atomic mass is 35.5. The monoisotopic (exact) mass is 392 g/mol. The number of hydrogen-bond donors (Lipinski definition) is 0. The minimum Gasteiger partial charge on any atom is -0.465 e. The van der Waals surface area contributed by atoms with Crippen molar-refractivity contribution in [3.8, 4) is 5.69 Å². The molecule has 0 amide bonds. The predicted molar refractivity (Wildman–Crippen MR) is 103 cm³/mol. The second kappa shape index (κ2) is 7.29. The summed E-state index contributed by atoms with van der Waals surface area (Å²) in [4.78, 5) is 16.9. The molecule has 0 radical (unpaired) electrons. The van der Waals surface area contributed by atoms with E-state index in [-0.39, 0.29) is 5.97 Å². The number of halogens is 2. The number of esters is 1. The van der Waals surface area contributed by atoms with E-state index >= 15 is 0 Å². The van der Waals surface area contributed by atoms with Crippen molar-refractivity contribution in [1.82, 2.24) is 9.55 Å². The molecule has 0 fully saturated rings. The Bertz CT molecular complexity index is 971. The summed E-state index contributed by atoms with van der Waals surface area (Å²) in [5, 5.41) is 0.821. The van der Waals surface area contributed by atoms with Crippen molar-refractivity contribution in [3.63, 3.8) is 0 Å². The van der Waals surface area contributed by atoms with Crippen molar-refractivity contribution >= 4 is 40.4 Å². The standard InChI is InChI=1S/C19H18ClFN2O2S/c1-4-25-17(24)19(2,3)26-18-22-14-7-5-6-8-16(14)23(18)15-10-9-12(20)11-13(15)21/h5-11H,4H2,1-3H3. The third-order valence-corrected chi connectivity index (χ3v) is 5.16. The Labute approximate surface area is 160 Å². The van der Waals surface area contributed by atoms with Crippen LogP contribution in [-0.2, 0) is 9.53 Å². The number of ether oxygens (including phenoxy) is 1. The van der Waals surface area contributed by atoms with Crippen LogP contribution in [0.4, 0.5) is 4.39 Å². The molecule has 0 unspecified atom stereocenters. The summed E-state index contributed by atoms with van der Waals surface area (Å²) in [6.45, 7) is 5.58. The lowest BCUT2D eigenvalue weighted by Crippen LogP contribution is -2.30. The van der Waals surface area contributed by atoms with Gasteiger partial charge in [0.2, 0.25) is 0 Å². The van der Waals surface area contributed by atoms with Gasteiger partial charge in [-0.25, -0.2) is 9.37 Å². The lowest BCUT2D eigenvalue weighted by atomic mass is 10.2. The van der Waals surface area contributed by atoms with Crippen LogP contribution >= 0.6 is 23.4 Å². The number of aromatic nitrogens is 2. The van der Waals surface area contributed by atoms with Gasteiger partial charge in [-0.05, 0) is 51.1 Å². The molecule has 0 saturated carbocycles. The van der Waals surface area contributed by atoms with E-state index in [1.807, 2.05) is 24.3 Å². The van der Waals surface area contributed by atoms with Crippen LogP contribution in [0.5, 0.6) is 0 Å². The number of carbonyl (C=O) groups excluding carboxylic acids is 1. The third kappa shape index (κ3) is 3.57. The van der Waals surface area contributed by atoms with E-state index < -0.39 is 10.6 Å². The molecule has 4 nitrogen and oxygen atoms in total. The summed E-state index contributed by atoms with van der Waals surface area (Å²) in [6.07, 6.45) is 0. The fourth-order valence-electron chi connectivity index (χ4n) is 2.54. The molecule has 0 aliphatic heterocycles. The Balaban J connectivity index is 2.15. The van der Waals surface area contributed by atoms with Gasteiger partial charge >= 0.3 is 5.97 Å². The first-order valence-corrected chi connectivity index (χ1v) is 9.32. The van der Waals surface area contributed by atoms with E-state index in [1.165, 1.54) is 17.8 Å². The van der Waals surface area contributed by atoms with Crippen molar-refractivity contribution in [3.05, 3.63) is 53.3 Å². The lowest BCUT2D eigenvalue weighted by Gasteiger charge is -2.21. The van der Waals surface area contributed by atoms with Crippen LogP contribution in [0.25, 0.3) is 16.7 Å². The predicted octanol–water partition coefficient (Wildman–Crippen LogP) is 5.25. The topological polar surface area (TPSA) is 44.1 Å². The first-order valence-electron chi connectivity index (χ1n) is 8.12. The molecule has 26 heavy (non-hydrogen) atoms. The van der Waals surface area contributed by atoms with Gasteiger partial charge in [-0.1, -0.05) is 35.5 Å². The molecular weight excluding hydrogens is 375 g/mol. The number of carbonyl (C=O) groups is 1. The summed E-state index contributed by atoms with van der Waals surface area (Å²) in [7, 11) is 0. The van der Waals surface area contributed by atoms with E-state index in [4.69, 9.17) is 16.3 Å². The highest BCUT2D eigenvalue weighted by Gasteiger charge is 2.33. The SMILES string of the molecule is CCOC(=O)C(C)(C)Sc1nc2ccccc2n1-c1ccc(Cl)cc1F. The van der Waals surface area contributed by atoms with E-state index in [9.17, 15) is 9.18 Å². The molecule has 1 heterocycles. The molecule has 0 spiro atoms. The zero-order valence-electron chi connectivity index (χ0n) is 14.6. The van der Waals surface area contributed by atoms with E-state index in [0.717, 1.165) is 5.52 Å². The van der Waals surface area contributed by atoms with Crippen LogP contribution in [-0.4, -0.2) is 26.9 Å². The normalized spacial score (nSPS) is 11.7. The number of fused-ring (bicyclic) bond motifs is 1. The second-order valence-corrected chi connectivity index (χ2v) is 8.17. The maximum atomic E-state index is 14.6. The minimum atomic E-state index is -0.877. The first-order chi connectivity index (χ1) is 12.3. The zero-order chi connectivity index (χ0) is 18.9. The van der Waals surface area contributed by atoms with Crippen LogP contribution in [0.15, 0.2) is 47.6 Å². The maximum absolute atomic E-state index is 14.6. The van der Waals surface area contributed by atoms with Gasteiger partial charge in [0, 0.05) is 5.02 Å². The molecule has 0 saturated heterocycles. The summed E-state index contributed by atoms with van der Waals surface area (Å²) in [6, 6.07) is 11.9. The van der Waals surface area contributed by atoms with Crippen molar-refractivity contribution in [2.24, 2.45) is 0 Å². The molecule has 7 heteroatoms. The molecule has 3 aromatic rings.